The predicted molar refractivity (Wildman–Crippen MR) is 68.6 cm³/mol. The largest absolute Gasteiger partial charge is 0.353 e. The Morgan fingerprint density at radius 2 is 1.88 bits per heavy atom. The maximum atomic E-state index is 11.7. The fraction of sp³-hybridized carbons (Fsp3) is 0.917. The second kappa shape index (κ2) is 7.63. The molecule has 0 aliphatic carbocycles. The Balaban J connectivity index is 3.84. The molecule has 0 fully saturated rings. The lowest BCUT2D eigenvalue weighted by molar-refractivity contribution is -0.126. The summed E-state index contributed by atoms with van der Waals surface area (Å²) in [5, 5.41) is 5.95. The molecule has 0 bridgehead atoms. The van der Waals surface area contributed by atoms with Gasteiger partial charge < -0.3 is 15.5 Å². The monoisotopic (exact) mass is 229 g/mol. The van der Waals surface area contributed by atoms with Crippen LogP contribution in [0.5, 0.6) is 0 Å². The smallest absolute Gasteiger partial charge is 0.239 e. The summed E-state index contributed by atoms with van der Waals surface area (Å²) in [6.07, 6.45) is 1.16. The summed E-state index contributed by atoms with van der Waals surface area (Å²) in [4.78, 5) is 14.1. The van der Waals surface area contributed by atoms with Crippen LogP contribution in [-0.4, -0.2) is 49.6 Å². The summed E-state index contributed by atoms with van der Waals surface area (Å²) in [5.74, 6) is 0.0579. The minimum absolute atomic E-state index is 0.0579. The predicted octanol–water partition coefficient (Wildman–Crippen LogP) is 0.833. The van der Waals surface area contributed by atoms with E-state index in [1.54, 1.807) is 7.05 Å². The topological polar surface area (TPSA) is 44.4 Å². The molecule has 0 aromatic heterocycles. The Labute approximate surface area is 99.8 Å². The van der Waals surface area contributed by atoms with Gasteiger partial charge in [0.05, 0.1) is 5.54 Å². The van der Waals surface area contributed by atoms with Crippen LogP contribution in [0, 0.1) is 0 Å². The molecule has 0 atom stereocenters. The highest BCUT2D eigenvalue weighted by Crippen LogP contribution is 1.99. The Hall–Kier alpha value is -0.610. The molecule has 96 valence electrons. The van der Waals surface area contributed by atoms with Crippen LogP contribution in [0.1, 0.15) is 34.1 Å². The van der Waals surface area contributed by atoms with Crippen molar-refractivity contribution in [1.82, 2.24) is 15.5 Å². The number of hydrogen-bond acceptors (Lipinski definition) is 3. The average molecular weight is 229 g/mol. The van der Waals surface area contributed by atoms with E-state index in [-0.39, 0.29) is 5.91 Å². The Kier molecular flexibility index (Phi) is 7.34. The highest BCUT2D eigenvalue weighted by atomic mass is 16.2. The molecular formula is C12H27N3O. The van der Waals surface area contributed by atoms with Crippen LogP contribution in [0.3, 0.4) is 0 Å². The SMILES string of the molecule is CCCN(CC)CCNC(=O)C(C)(C)NC. The van der Waals surface area contributed by atoms with Gasteiger partial charge in [-0.2, -0.15) is 0 Å². The van der Waals surface area contributed by atoms with E-state index in [4.69, 9.17) is 0 Å². The van der Waals surface area contributed by atoms with Gasteiger partial charge in [-0.3, -0.25) is 4.79 Å². The van der Waals surface area contributed by atoms with Gasteiger partial charge in [-0.1, -0.05) is 13.8 Å². The normalized spacial score (nSPS) is 11.9. The van der Waals surface area contributed by atoms with Crippen molar-refractivity contribution in [2.45, 2.75) is 39.7 Å². The Morgan fingerprint density at radius 1 is 1.25 bits per heavy atom. The molecule has 0 spiro atoms. The number of hydrogen-bond donors (Lipinski definition) is 2. The second-order valence-corrected chi connectivity index (χ2v) is 4.57. The summed E-state index contributed by atoms with van der Waals surface area (Å²) in [6.45, 7) is 11.9. The number of likely N-dealkylation sites (N-methyl/N-ethyl adjacent to an activating group) is 2. The van der Waals surface area contributed by atoms with E-state index >= 15 is 0 Å². The molecule has 4 nitrogen and oxygen atoms in total. The zero-order chi connectivity index (χ0) is 12.6. The molecule has 0 aromatic carbocycles. The number of rotatable bonds is 8. The first kappa shape index (κ1) is 15.4. The zero-order valence-corrected chi connectivity index (χ0v) is 11.4. The molecule has 0 aliphatic heterocycles. The molecule has 0 aromatic rings. The highest BCUT2D eigenvalue weighted by molar-refractivity contribution is 5.85. The van der Waals surface area contributed by atoms with Gasteiger partial charge in [0.1, 0.15) is 0 Å². The van der Waals surface area contributed by atoms with Gasteiger partial charge in [0, 0.05) is 13.1 Å². The van der Waals surface area contributed by atoms with Gasteiger partial charge in [0.2, 0.25) is 5.91 Å². The van der Waals surface area contributed by atoms with Crippen LogP contribution >= 0.6 is 0 Å². The van der Waals surface area contributed by atoms with Crippen molar-refractivity contribution < 1.29 is 4.79 Å². The van der Waals surface area contributed by atoms with E-state index in [2.05, 4.69) is 29.4 Å². The molecule has 0 heterocycles. The minimum atomic E-state index is -0.484. The second-order valence-electron chi connectivity index (χ2n) is 4.57. The fourth-order valence-corrected chi connectivity index (χ4v) is 1.41. The number of nitrogens with one attached hydrogen (secondary N) is 2. The van der Waals surface area contributed by atoms with E-state index < -0.39 is 5.54 Å². The van der Waals surface area contributed by atoms with Gasteiger partial charge in [-0.15, -0.1) is 0 Å². The lowest BCUT2D eigenvalue weighted by atomic mass is 10.1. The molecule has 16 heavy (non-hydrogen) atoms. The van der Waals surface area contributed by atoms with E-state index in [1.165, 1.54) is 0 Å². The van der Waals surface area contributed by atoms with Crippen LogP contribution in [0.4, 0.5) is 0 Å². The molecule has 1 amide bonds. The van der Waals surface area contributed by atoms with Crippen LogP contribution in [0.2, 0.25) is 0 Å². The van der Waals surface area contributed by atoms with Crippen molar-refractivity contribution in [3.05, 3.63) is 0 Å². The van der Waals surface area contributed by atoms with Crippen LogP contribution in [0.15, 0.2) is 0 Å². The van der Waals surface area contributed by atoms with Crippen LogP contribution < -0.4 is 10.6 Å². The summed E-state index contributed by atoms with van der Waals surface area (Å²) in [6, 6.07) is 0. The van der Waals surface area contributed by atoms with Gasteiger partial charge in [0.15, 0.2) is 0 Å². The lowest BCUT2D eigenvalue weighted by Crippen LogP contribution is -2.52. The first-order valence-electron chi connectivity index (χ1n) is 6.17. The number of carbonyl (C=O) groups is 1. The molecule has 2 N–H and O–H groups in total. The third-order valence-electron chi connectivity index (χ3n) is 2.89. The quantitative estimate of drug-likeness (QED) is 0.648. The molecule has 0 unspecified atom stereocenters. The fourth-order valence-electron chi connectivity index (χ4n) is 1.41. The van der Waals surface area contributed by atoms with Crippen LogP contribution in [0.25, 0.3) is 0 Å². The van der Waals surface area contributed by atoms with Gasteiger partial charge >= 0.3 is 0 Å². The summed E-state index contributed by atoms with van der Waals surface area (Å²) in [7, 11) is 1.80. The van der Waals surface area contributed by atoms with Crippen molar-refractivity contribution >= 4 is 5.91 Å². The third-order valence-corrected chi connectivity index (χ3v) is 2.89. The van der Waals surface area contributed by atoms with E-state index in [0.717, 1.165) is 32.6 Å². The molecule has 0 rings (SSSR count). The van der Waals surface area contributed by atoms with Gasteiger partial charge in [-0.25, -0.2) is 0 Å². The minimum Gasteiger partial charge on any atom is -0.353 e. The summed E-state index contributed by atoms with van der Waals surface area (Å²) in [5.41, 5.74) is -0.484. The zero-order valence-electron chi connectivity index (χ0n) is 11.4. The van der Waals surface area contributed by atoms with Crippen molar-refractivity contribution in [3.63, 3.8) is 0 Å². The van der Waals surface area contributed by atoms with E-state index in [9.17, 15) is 4.79 Å². The average Bonchev–Trinajstić information content (AvgIpc) is 2.27. The molecule has 0 saturated heterocycles. The summed E-state index contributed by atoms with van der Waals surface area (Å²) < 4.78 is 0. The third kappa shape index (κ3) is 5.47. The maximum Gasteiger partial charge on any atom is 0.239 e. The highest BCUT2D eigenvalue weighted by Gasteiger charge is 2.24. The maximum absolute atomic E-state index is 11.7. The van der Waals surface area contributed by atoms with Gasteiger partial charge in [-0.05, 0) is 40.4 Å². The molecule has 4 heteroatoms. The Bertz CT molecular complexity index is 204. The number of carbonyl (C=O) groups excluding carboxylic acids is 1. The molecular weight excluding hydrogens is 202 g/mol. The number of amides is 1. The lowest BCUT2D eigenvalue weighted by Gasteiger charge is -2.24. The first-order valence-corrected chi connectivity index (χ1v) is 6.17. The van der Waals surface area contributed by atoms with Crippen LogP contribution in [-0.2, 0) is 4.79 Å². The van der Waals surface area contributed by atoms with E-state index in [1.807, 2.05) is 13.8 Å². The summed E-state index contributed by atoms with van der Waals surface area (Å²) >= 11 is 0. The van der Waals surface area contributed by atoms with Gasteiger partial charge in [0.25, 0.3) is 0 Å². The van der Waals surface area contributed by atoms with Crippen molar-refractivity contribution in [1.29, 1.82) is 0 Å². The van der Waals surface area contributed by atoms with Crippen molar-refractivity contribution in [3.8, 4) is 0 Å². The standard InChI is InChI=1S/C12H27N3O/c1-6-9-15(7-2)10-8-14-11(16)12(3,4)13-5/h13H,6-10H2,1-5H3,(H,14,16). The van der Waals surface area contributed by atoms with Crippen molar-refractivity contribution in [2.24, 2.45) is 0 Å². The van der Waals surface area contributed by atoms with Crippen molar-refractivity contribution in [2.75, 3.05) is 33.2 Å². The molecule has 0 aliphatic rings. The molecule has 0 saturated carbocycles. The molecule has 0 radical (unpaired) electrons. The van der Waals surface area contributed by atoms with E-state index in [0.29, 0.717) is 0 Å². The first-order chi connectivity index (χ1) is 7.47. The number of nitrogens with zero attached hydrogens (tertiary/aromatic N) is 1. The Morgan fingerprint density at radius 3 is 2.31 bits per heavy atom.